The standard InChI is InChI=1S/C13H16O6/c1-4-5-17-11(15)7-9(14)6-10-8-12(16)19-13(2,3)18-10/h4,8H,1,5-7H2,2-3H3. The summed E-state index contributed by atoms with van der Waals surface area (Å²) in [7, 11) is 0. The summed E-state index contributed by atoms with van der Waals surface area (Å²) in [5, 5.41) is 0. The lowest BCUT2D eigenvalue weighted by Gasteiger charge is -2.30. The third kappa shape index (κ3) is 5.37. The Bertz CT molecular complexity index is 432. The summed E-state index contributed by atoms with van der Waals surface area (Å²) in [6, 6.07) is 0. The second-order valence-corrected chi connectivity index (χ2v) is 4.40. The fraction of sp³-hybridized carbons (Fsp3) is 0.462. The number of hydrogen-bond donors (Lipinski definition) is 0. The lowest BCUT2D eigenvalue weighted by molar-refractivity contribution is -0.205. The van der Waals surface area contributed by atoms with Crippen LogP contribution < -0.4 is 0 Å². The van der Waals surface area contributed by atoms with E-state index in [0.717, 1.165) is 6.08 Å². The van der Waals surface area contributed by atoms with E-state index in [2.05, 4.69) is 11.3 Å². The average Bonchev–Trinajstić information content (AvgIpc) is 2.22. The molecule has 0 fully saturated rings. The number of rotatable bonds is 6. The molecular formula is C13H16O6. The summed E-state index contributed by atoms with van der Waals surface area (Å²) < 4.78 is 14.9. The highest BCUT2D eigenvalue weighted by molar-refractivity contribution is 5.97. The van der Waals surface area contributed by atoms with Gasteiger partial charge in [-0.15, -0.1) is 0 Å². The molecule has 1 aliphatic rings. The topological polar surface area (TPSA) is 78.9 Å². The highest BCUT2D eigenvalue weighted by Gasteiger charge is 2.31. The van der Waals surface area contributed by atoms with Crippen molar-refractivity contribution in [2.45, 2.75) is 32.5 Å². The van der Waals surface area contributed by atoms with Crippen LogP contribution in [0.25, 0.3) is 0 Å². The van der Waals surface area contributed by atoms with Crippen molar-refractivity contribution in [1.82, 2.24) is 0 Å². The summed E-state index contributed by atoms with van der Waals surface area (Å²) in [5.41, 5.74) is 0. The van der Waals surface area contributed by atoms with Crippen LogP contribution in [0.3, 0.4) is 0 Å². The highest BCUT2D eigenvalue weighted by atomic mass is 16.7. The Labute approximate surface area is 111 Å². The van der Waals surface area contributed by atoms with Crippen LogP contribution in [0.5, 0.6) is 0 Å². The number of cyclic esters (lactones) is 1. The fourth-order valence-corrected chi connectivity index (χ4v) is 1.48. The predicted octanol–water partition coefficient (Wildman–Crippen LogP) is 1.26. The summed E-state index contributed by atoms with van der Waals surface area (Å²) in [6.07, 6.45) is 1.98. The smallest absolute Gasteiger partial charge is 0.337 e. The molecular weight excluding hydrogens is 252 g/mol. The number of ether oxygens (including phenoxy) is 3. The fourth-order valence-electron chi connectivity index (χ4n) is 1.48. The van der Waals surface area contributed by atoms with Crippen molar-refractivity contribution in [3.8, 4) is 0 Å². The zero-order valence-corrected chi connectivity index (χ0v) is 10.9. The molecule has 0 atom stereocenters. The molecule has 6 heteroatoms. The van der Waals surface area contributed by atoms with Crippen molar-refractivity contribution in [2.24, 2.45) is 0 Å². The molecule has 0 aliphatic carbocycles. The quantitative estimate of drug-likeness (QED) is 0.410. The van der Waals surface area contributed by atoms with Crippen molar-refractivity contribution in [3.05, 3.63) is 24.5 Å². The van der Waals surface area contributed by atoms with Crippen molar-refractivity contribution in [1.29, 1.82) is 0 Å². The molecule has 0 aromatic heterocycles. The van der Waals surface area contributed by atoms with E-state index in [9.17, 15) is 14.4 Å². The van der Waals surface area contributed by atoms with Crippen LogP contribution in [-0.4, -0.2) is 30.1 Å². The molecule has 104 valence electrons. The number of carbonyl (C=O) groups is 3. The first-order valence-corrected chi connectivity index (χ1v) is 5.73. The molecule has 0 radical (unpaired) electrons. The van der Waals surface area contributed by atoms with E-state index < -0.39 is 23.5 Å². The van der Waals surface area contributed by atoms with Gasteiger partial charge in [0, 0.05) is 13.8 Å². The van der Waals surface area contributed by atoms with Crippen LogP contribution in [0.4, 0.5) is 0 Å². The average molecular weight is 268 g/mol. The molecule has 0 aromatic rings. The summed E-state index contributed by atoms with van der Waals surface area (Å²) in [4.78, 5) is 34.0. The Morgan fingerprint density at radius 2 is 2.11 bits per heavy atom. The van der Waals surface area contributed by atoms with Crippen molar-refractivity contribution in [2.75, 3.05) is 6.61 Å². The van der Waals surface area contributed by atoms with Crippen LogP contribution in [0.15, 0.2) is 24.5 Å². The van der Waals surface area contributed by atoms with Gasteiger partial charge in [0.15, 0.2) is 5.78 Å². The van der Waals surface area contributed by atoms with Crippen LogP contribution in [0.1, 0.15) is 26.7 Å². The molecule has 1 aliphatic heterocycles. The highest BCUT2D eigenvalue weighted by Crippen LogP contribution is 2.24. The third-order valence-corrected chi connectivity index (χ3v) is 2.08. The molecule has 0 amide bonds. The normalized spacial score (nSPS) is 16.7. The third-order valence-electron chi connectivity index (χ3n) is 2.08. The first-order valence-electron chi connectivity index (χ1n) is 5.73. The van der Waals surface area contributed by atoms with Gasteiger partial charge in [-0.2, -0.15) is 0 Å². The van der Waals surface area contributed by atoms with Gasteiger partial charge in [-0.05, 0) is 0 Å². The zero-order chi connectivity index (χ0) is 14.5. The number of allylic oxidation sites excluding steroid dienone is 1. The SMILES string of the molecule is C=CCOC(=O)CC(=O)CC1=CC(=O)OC(C)(C)O1. The molecule has 0 saturated carbocycles. The Hall–Kier alpha value is -2.11. The maximum atomic E-state index is 11.6. The molecule has 1 rings (SSSR count). The number of ketones is 1. The molecule has 19 heavy (non-hydrogen) atoms. The van der Waals surface area contributed by atoms with Gasteiger partial charge < -0.3 is 14.2 Å². The van der Waals surface area contributed by atoms with Crippen molar-refractivity contribution >= 4 is 17.7 Å². The summed E-state index contributed by atoms with van der Waals surface area (Å²) in [6.45, 7) is 6.56. The molecule has 0 aromatic carbocycles. The molecule has 0 bridgehead atoms. The van der Waals surface area contributed by atoms with Gasteiger partial charge in [0.05, 0.1) is 12.5 Å². The van der Waals surface area contributed by atoms with Gasteiger partial charge in [-0.3, -0.25) is 9.59 Å². The van der Waals surface area contributed by atoms with E-state index in [1.165, 1.54) is 6.08 Å². The van der Waals surface area contributed by atoms with E-state index in [-0.39, 0.29) is 25.2 Å². The first kappa shape index (κ1) is 14.9. The van der Waals surface area contributed by atoms with E-state index >= 15 is 0 Å². The second-order valence-electron chi connectivity index (χ2n) is 4.40. The molecule has 0 saturated heterocycles. The van der Waals surface area contributed by atoms with Gasteiger partial charge in [-0.1, -0.05) is 12.7 Å². The molecule has 6 nitrogen and oxygen atoms in total. The van der Waals surface area contributed by atoms with Crippen molar-refractivity contribution < 1.29 is 28.6 Å². The largest absolute Gasteiger partial charge is 0.461 e. The molecule has 1 heterocycles. The maximum Gasteiger partial charge on any atom is 0.337 e. The lowest BCUT2D eigenvalue weighted by Crippen LogP contribution is -2.34. The van der Waals surface area contributed by atoms with Gasteiger partial charge in [0.25, 0.3) is 0 Å². The van der Waals surface area contributed by atoms with Gasteiger partial charge >= 0.3 is 11.9 Å². The van der Waals surface area contributed by atoms with Crippen molar-refractivity contribution in [3.63, 3.8) is 0 Å². The Morgan fingerprint density at radius 1 is 1.42 bits per heavy atom. The first-order chi connectivity index (χ1) is 8.82. The number of Topliss-reactive ketones (excluding diaryl/α,β-unsaturated/α-hetero) is 1. The number of carbonyl (C=O) groups excluding carboxylic acids is 3. The van der Waals surface area contributed by atoms with Crippen LogP contribution in [-0.2, 0) is 28.6 Å². The Kier molecular flexibility index (Phi) is 4.86. The minimum Gasteiger partial charge on any atom is -0.461 e. The van der Waals surface area contributed by atoms with E-state index in [4.69, 9.17) is 9.47 Å². The monoisotopic (exact) mass is 268 g/mol. The number of esters is 2. The maximum absolute atomic E-state index is 11.6. The zero-order valence-electron chi connectivity index (χ0n) is 10.9. The van der Waals surface area contributed by atoms with E-state index in [0.29, 0.717) is 0 Å². The Balaban J connectivity index is 2.50. The summed E-state index contributed by atoms with van der Waals surface area (Å²) >= 11 is 0. The van der Waals surface area contributed by atoms with Crippen LogP contribution in [0.2, 0.25) is 0 Å². The molecule has 0 spiro atoms. The second kappa shape index (κ2) is 6.17. The Morgan fingerprint density at radius 3 is 2.68 bits per heavy atom. The van der Waals surface area contributed by atoms with Gasteiger partial charge in [0.2, 0.25) is 5.79 Å². The predicted molar refractivity (Wildman–Crippen MR) is 64.7 cm³/mol. The number of hydrogen-bond acceptors (Lipinski definition) is 6. The van der Waals surface area contributed by atoms with Crippen LogP contribution >= 0.6 is 0 Å². The summed E-state index contributed by atoms with van der Waals surface area (Å²) in [5.74, 6) is -2.53. The minimum atomic E-state index is -1.11. The van der Waals surface area contributed by atoms with Gasteiger partial charge in [-0.25, -0.2) is 4.79 Å². The minimum absolute atomic E-state index is 0.0602. The van der Waals surface area contributed by atoms with Crippen LogP contribution in [0, 0.1) is 0 Å². The van der Waals surface area contributed by atoms with Gasteiger partial charge in [0.1, 0.15) is 18.8 Å². The van der Waals surface area contributed by atoms with E-state index in [1.807, 2.05) is 0 Å². The van der Waals surface area contributed by atoms with E-state index in [1.54, 1.807) is 13.8 Å². The molecule has 0 N–H and O–H groups in total. The lowest BCUT2D eigenvalue weighted by atomic mass is 10.1. The molecule has 0 unspecified atom stereocenters.